The van der Waals surface area contributed by atoms with Gasteiger partial charge in [0.05, 0.1) is 14.2 Å². The summed E-state index contributed by atoms with van der Waals surface area (Å²) in [5.74, 6) is -5.43. The zero-order valence-electron chi connectivity index (χ0n) is 24.0. The van der Waals surface area contributed by atoms with Crippen molar-refractivity contribution in [2.75, 3.05) is 14.2 Å². The molecule has 0 aliphatic rings. The number of esters is 6. The van der Waals surface area contributed by atoms with Crippen molar-refractivity contribution < 1.29 is 66.0 Å². The number of benzene rings is 3. The van der Waals surface area contributed by atoms with E-state index in [1.165, 1.54) is 24.3 Å². The first kappa shape index (κ1) is 29.6. The van der Waals surface area contributed by atoms with Crippen LogP contribution < -0.4 is 18.9 Å². The van der Waals surface area contributed by atoms with Gasteiger partial charge in [0.2, 0.25) is 0 Å². The van der Waals surface area contributed by atoms with Gasteiger partial charge in [0.1, 0.15) is 22.3 Å². The Balaban J connectivity index is 2.02. The molecule has 0 atom stereocenters. The van der Waals surface area contributed by atoms with Crippen LogP contribution in [0.15, 0.2) is 33.1 Å². The highest BCUT2D eigenvalue weighted by Crippen LogP contribution is 2.47. The van der Waals surface area contributed by atoms with Gasteiger partial charge in [-0.2, -0.15) is 0 Å². The van der Waals surface area contributed by atoms with Crippen LogP contribution in [-0.4, -0.2) is 50.0 Å². The maximum atomic E-state index is 13.4. The summed E-state index contributed by atoms with van der Waals surface area (Å²) >= 11 is 0. The van der Waals surface area contributed by atoms with E-state index in [9.17, 15) is 28.8 Å². The van der Waals surface area contributed by atoms with Crippen LogP contribution in [0, 0.1) is 0 Å². The number of furan rings is 2. The molecule has 0 spiro atoms. The van der Waals surface area contributed by atoms with E-state index in [0.29, 0.717) is 0 Å². The van der Waals surface area contributed by atoms with Gasteiger partial charge in [0.25, 0.3) is 0 Å². The van der Waals surface area contributed by atoms with Crippen LogP contribution in [0.2, 0.25) is 0 Å². The number of carbonyl (C=O) groups excluding carboxylic acids is 6. The van der Waals surface area contributed by atoms with E-state index in [0.717, 1.165) is 41.9 Å². The van der Waals surface area contributed by atoms with Crippen molar-refractivity contribution in [3.63, 3.8) is 0 Å². The molecule has 5 aromatic rings. The SMILES string of the molecule is COC(=O)c1c2oc3cc(OC(C)=O)c(OC(C)=O)cc3c2c(C(=O)OC)c2oc3cc(OC(C)=O)c(OC(C)=O)cc3c12. The van der Waals surface area contributed by atoms with Gasteiger partial charge in [-0.15, -0.1) is 0 Å². The molecule has 2 heterocycles. The Hall–Kier alpha value is -5.92. The molecule has 0 aliphatic heterocycles. The maximum absolute atomic E-state index is 13.4. The van der Waals surface area contributed by atoms with Gasteiger partial charge in [0, 0.05) is 61.4 Å². The molecular weight excluding hydrogens is 584 g/mol. The third-order valence-electron chi connectivity index (χ3n) is 6.26. The second-order valence-corrected chi connectivity index (χ2v) is 9.31. The fourth-order valence-corrected chi connectivity index (χ4v) is 4.82. The number of methoxy groups -OCH3 is 2. The molecule has 226 valence electrons. The molecule has 14 nitrogen and oxygen atoms in total. The monoisotopic (exact) mass is 606 g/mol. The smallest absolute Gasteiger partial charge is 0.342 e. The molecule has 2 aromatic heterocycles. The lowest BCUT2D eigenvalue weighted by Gasteiger charge is -2.09. The fraction of sp³-hybridized carbons (Fsp3) is 0.200. The molecule has 5 rings (SSSR count). The molecule has 0 radical (unpaired) electrons. The lowest BCUT2D eigenvalue weighted by atomic mass is 9.97. The highest BCUT2D eigenvalue weighted by atomic mass is 16.6. The van der Waals surface area contributed by atoms with Gasteiger partial charge in [0.15, 0.2) is 34.2 Å². The summed E-state index contributed by atoms with van der Waals surface area (Å²) in [6.07, 6.45) is 0. The maximum Gasteiger partial charge on any atom is 0.342 e. The van der Waals surface area contributed by atoms with Crippen molar-refractivity contribution in [1.82, 2.24) is 0 Å². The average molecular weight is 606 g/mol. The van der Waals surface area contributed by atoms with Gasteiger partial charge in [-0.05, 0) is 12.1 Å². The van der Waals surface area contributed by atoms with Crippen molar-refractivity contribution in [3.8, 4) is 23.0 Å². The van der Waals surface area contributed by atoms with E-state index in [1.54, 1.807) is 0 Å². The van der Waals surface area contributed by atoms with E-state index >= 15 is 0 Å². The third-order valence-corrected chi connectivity index (χ3v) is 6.26. The number of hydrogen-bond donors (Lipinski definition) is 0. The van der Waals surface area contributed by atoms with Crippen molar-refractivity contribution >= 4 is 79.7 Å². The summed E-state index contributed by atoms with van der Waals surface area (Å²) in [5, 5.41) is 0.339. The number of ether oxygens (including phenoxy) is 6. The topological polar surface area (TPSA) is 184 Å². The summed E-state index contributed by atoms with van der Waals surface area (Å²) in [5.41, 5.74) is -0.660. The van der Waals surface area contributed by atoms with Crippen molar-refractivity contribution in [2.45, 2.75) is 27.7 Å². The predicted molar refractivity (Wildman–Crippen MR) is 149 cm³/mol. The van der Waals surface area contributed by atoms with Gasteiger partial charge in [-0.3, -0.25) is 19.2 Å². The standard InChI is InChI=1S/C30H22O14/c1-11(31)39-19-7-15-17(9-21(19)41-13(3)33)43-27-23(15)25(29(35)37-5)28-24(26(27)30(36)38-6)16-8-20(40-12(2)32)22(42-14(4)34)10-18(16)44-28/h7-10H,1-6H3. The molecule has 0 saturated heterocycles. The Morgan fingerprint density at radius 2 is 0.795 bits per heavy atom. The molecular formula is C30H22O14. The first-order valence-corrected chi connectivity index (χ1v) is 12.7. The summed E-state index contributed by atoms with van der Waals surface area (Å²) in [6.45, 7) is 4.55. The average Bonchev–Trinajstić information content (AvgIpc) is 3.47. The van der Waals surface area contributed by atoms with Crippen molar-refractivity contribution in [1.29, 1.82) is 0 Å². The van der Waals surface area contributed by atoms with Crippen LogP contribution in [0.25, 0.3) is 43.9 Å². The first-order valence-electron chi connectivity index (χ1n) is 12.7. The van der Waals surface area contributed by atoms with Crippen LogP contribution in [0.1, 0.15) is 48.4 Å². The minimum Gasteiger partial charge on any atom is -0.465 e. The van der Waals surface area contributed by atoms with Gasteiger partial charge < -0.3 is 37.3 Å². The Morgan fingerprint density at radius 3 is 1.07 bits per heavy atom. The number of carbonyl (C=O) groups is 6. The second-order valence-electron chi connectivity index (χ2n) is 9.31. The molecule has 0 N–H and O–H groups in total. The van der Waals surface area contributed by atoms with Gasteiger partial charge >= 0.3 is 35.8 Å². The Labute approximate surface area is 246 Å². The molecule has 3 aromatic carbocycles. The Bertz CT molecular complexity index is 1940. The quantitative estimate of drug-likeness (QED) is 0.190. The predicted octanol–water partition coefficient (Wildman–Crippen LogP) is 4.76. The fourth-order valence-electron chi connectivity index (χ4n) is 4.82. The van der Waals surface area contributed by atoms with Crippen molar-refractivity contribution in [2.24, 2.45) is 0 Å². The summed E-state index contributed by atoms with van der Waals surface area (Å²) in [7, 11) is 2.25. The summed E-state index contributed by atoms with van der Waals surface area (Å²) in [6, 6.07) is 5.09. The minimum absolute atomic E-state index is 0.0157. The zero-order chi connectivity index (χ0) is 32.0. The molecule has 0 fully saturated rings. The van der Waals surface area contributed by atoms with Gasteiger partial charge in [-0.25, -0.2) is 9.59 Å². The van der Waals surface area contributed by atoms with Crippen LogP contribution in [0.5, 0.6) is 23.0 Å². The highest BCUT2D eigenvalue weighted by Gasteiger charge is 2.33. The molecule has 0 amide bonds. The van der Waals surface area contributed by atoms with Crippen molar-refractivity contribution in [3.05, 3.63) is 35.4 Å². The molecule has 0 aliphatic carbocycles. The van der Waals surface area contributed by atoms with E-state index < -0.39 is 35.8 Å². The van der Waals surface area contributed by atoms with E-state index in [2.05, 4.69) is 0 Å². The largest absolute Gasteiger partial charge is 0.465 e. The molecule has 14 heteroatoms. The Kier molecular flexibility index (Phi) is 7.43. The summed E-state index contributed by atoms with van der Waals surface area (Å²) < 4.78 is 43.2. The number of hydrogen-bond acceptors (Lipinski definition) is 14. The first-order chi connectivity index (χ1) is 20.8. The molecule has 0 bridgehead atoms. The van der Waals surface area contributed by atoms with Gasteiger partial charge in [-0.1, -0.05) is 0 Å². The molecule has 0 unspecified atom stereocenters. The van der Waals surface area contributed by atoms with E-state index in [-0.39, 0.29) is 78.0 Å². The lowest BCUT2D eigenvalue weighted by Crippen LogP contribution is -2.08. The minimum atomic E-state index is -0.906. The highest BCUT2D eigenvalue weighted by molar-refractivity contribution is 6.31. The van der Waals surface area contributed by atoms with E-state index in [4.69, 9.17) is 37.3 Å². The normalized spacial score (nSPS) is 11.0. The van der Waals surface area contributed by atoms with Crippen LogP contribution in [0.4, 0.5) is 0 Å². The zero-order valence-corrected chi connectivity index (χ0v) is 24.0. The lowest BCUT2D eigenvalue weighted by molar-refractivity contribution is -0.134. The van der Waals surface area contributed by atoms with Crippen LogP contribution >= 0.6 is 0 Å². The molecule has 0 saturated carbocycles. The Morgan fingerprint density at radius 1 is 0.500 bits per heavy atom. The van der Waals surface area contributed by atoms with Crippen LogP contribution in [0.3, 0.4) is 0 Å². The van der Waals surface area contributed by atoms with E-state index in [1.807, 2.05) is 0 Å². The molecule has 44 heavy (non-hydrogen) atoms. The summed E-state index contributed by atoms with van der Waals surface area (Å²) in [4.78, 5) is 74.0. The number of fused-ring (bicyclic) bond motifs is 6. The van der Waals surface area contributed by atoms with Crippen LogP contribution in [-0.2, 0) is 28.7 Å². The second kappa shape index (κ2) is 11.1. The third kappa shape index (κ3) is 5.02. The number of rotatable bonds is 6.